The van der Waals surface area contributed by atoms with Crippen LogP contribution in [0.25, 0.3) is 0 Å². The molecule has 2 aromatic rings. The topological polar surface area (TPSA) is 24.8 Å². The Morgan fingerprint density at radius 1 is 1.00 bits per heavy atom. The van der Waals surface area contributed by atoms with Crippen LogP contribution >= 0.6 is 31.9 Å². The Labute approximate surface area is 164 Å². The molecule has 0 aromatic heterocycles. The molecule has 25 heavy (non-hydrogen) atoms. The Morgan fingerprint density at radius 3 is 2.48 bits per heavy atom. The largest absolute Gasteiger partial charge is 0.466 e. The molecule has 1 atom stereocenters. The van der Waals surface area contributed by atoms with E-state index in [0.717, 1.165) is 39.7 Å². The van der Waals surface area contributed by atoms with Crippen molar-refractivity contribution >= 4 is 37.6 Å². The number of hydrogen-bond acceptors (Lipinski definition) is 3. The first kappa shape index (κ1) is 15.9. The minimum atomic E-state index is -0.261. The molecule has 1 fully saturated rings. The van der Waals surface area contributed by atoms with Crippen molar-refractivity contribution in [1.82, 2.24) is 5.01 Å². The summed E-state index contributed by atoms with van der Waals surface area (Å²) in [5.41, 5.74) is 3.33. The van der Waals surface area contributed by atoms with Crippen LogP contribution in [-0.2, 0) is 0 Å². The highest BCUT2D eigenvalue weighted by Crippen LogP contribution is 2.52. The van der Waals surface area contributed by atoms with Crippen molar-refractivity contribution in [2.24, 2.45) is 5.10 Å². The summed E-state index contributed by atoms with van der Waals surface area (Å²) in [7, 11) is 0. The van der Waals surface area contributed by atoms with Gasteiger partial charge in [-0.05, 0) is 48.7 Å². The molecule has 2 aromatic carbocycles. The third-order valence-electron chi connectivity index (χ3n) is 5.52. The summed E-state index contributed by atoms with van der Waals surface area (Å²) in [6.07, 6.45) is 5.44. The van der Waals surface area contributed by atoms with Gasteiger partial charge in [0.25, 0.3) is 0 Å². The van der Waals surface area contributed by atoms with Crippen LogP contribution in [0.4, 0.5) is 0 Å². The molecule has 1 spiro atoms. The van der Waals surface area contributed by atoms with E-state index in [1.165, 1.54) is 24.0 Å². The molecule has 0 saturated heterocycles. The Hall–Kier alpha value is -1.33. The van der Waals surface area contributed by atoms with Crippen LogP contribution in [-0.4, -0.2) is 16.4 Å². The molecule has 2 aliphatic heterocycles. The number of hydrazone groups is 1. The summed E-state index contributed by atoms with van der Waals surface area (Å²) in [5, 5.41) is 7.34. The van der Waals surface area contributed by atoms with E-state index in [-0.39, 0.29) is 11.8 Å². The third-order valence-corrected chi connectivity index (χ3v) is 6.54. The predicted octanol–water partition coefficient (Wildman–Crippen LogP) is 6.03. The van der Waals surface area contributed by atoms with Gasteiger partial charge in [-0.3, -0.25) is 0 Å². The van der Waals surface area contributed by atoms with Gasteiger partial charge < -0.3 is 4.74 Å². The van der Waals surface area contributed by atoms with Gasteiger partial charge in [0, 0.05) is 33.8 Å². The number of hydrogen-bond donors (Lipinski definition) is 0. The molecule has 128 valence electrons. The molecule has 5 heteroatoms. The first-order chi connectivity index (χ1) is 12.1. The number of nitrogens with zero attached hydrogens (tertiary/aromatic N) is 2. The zero-order chi connectivity index (χ0) is 17.0. The molecule has 3 nitrogen and oxygen atoms in total. The third kappa shape index (κ3) is 2.55. The summed E-state index contributed by atoms with van der Waals surface area (Å²) in [4.78, 5) is 0. The highest BCUT2D eigenvalue weighted by molar-refractivity contribution is 9.10. The summed E-state index contributed by atoms with van der Waals surface area (Å²) >= 11 is 7.13. The second-order valence-electron chi connectivity index (χ2n) is 7.06. The van der Waals surface area contributed by atoms with Crippen LogP contribution in [0, 0.1) is 0 Å². The SMILES string of the molecule is Brc1ccc(C2=NN3C(C2)c2cc(Br)ccc2OC32CCCC2)cc1. The fraction of sp³-hybridized carbons (Fsp3) is 0.350. The lowest BCUT2D eigenvalue weighted by Gasteiger charge is -2.45. The highest BCUT2D eigenvalue weighted by Gasteiger charge is 2.51. The molecule has 5 rings (SSSR count). The minimum Gasteiger partial charge on any atom is -0.466 e. The first-order valence-electron chi connectivity index (χ1n) is 8.76. The van der Waals surface area contributed by atoms with Crippen molar-refractivity contribution < 1.29 is 4.74 Å². The van der Waals surface area contributed by atoms with E-state index < -0.39 is 0 Å². The monoisotopic (exact) mass is 460 g/mol. The van der Waals surface area contributed by atoms with Gasteiger partial charge in [-0.1, -0.05) is 44.0 Å². The standard InChI is InChI=1S/C20H18Br2N2O/c21-14-5-3-13(4-6-14)17-12-18-16-11-15(22)7-8-19(16)25-20(24(18)23-17)9-1-2-10-20/h3-8,11,18H,1-2,9-10,12H2. The maximum absolute atomic E-state index is 6.54. The number of ether oxygens (including phenoxy) is 1. The molecule has 0 bridgehead atoms. The van der Waals surface area contributed by atoms with Gasteiger partial charge >= 0.3 is 0 Å². The van der Waals surface area contributed by atoms with Crippen LogP contribution in [0.1, 0.15) is 49.3 Å². The van der Waals surface area contributed by atoms with Gasteiger partial charge in [0.1, 0.15) is 5.75 Å². The Balaban J connectivity index is 1.60. The van der Waals surface area contributed by atoms with Gasteiger partial charge in [-0.15, -0.1) is 0 Å². The second-order valence-corrected chi connectivity index (χ2v) is 8.89. The lowest BCUT2D eigenvalue weighted by atomic mass is 9.94. The van der Waals surface area contributed by atoms with E-state index in [2.05, 4.69) is 79.3 Å². The minimum absolute atomic E-state index is 0.261. The van der Waals surface area contributed by atoms with E-state index >= 15 is 0 Å². The predicted molar refractivity (Wildman–Crippen MR) is 106 cm³/mol. The molecule has 3 aliphatic rings. The molecule has 1 aliphatic carbocycles. The van der Waals surface area contributed by atoms with Gasteiger partial charge in [0.05, 0.1) is 11.8 Å². The van der Waals surface area contributed by atoms with Crippen molar-refractivity contribution in [2.75, 3.05) is 0 Å². The van der Waals surface area contributed by atoms with Crippen molar-refractivity contribution in [3.05, 3.63) is 62.5 Å². The fourth-order valence-electron chi connectivity index (χ4n) is 4.33. The van der Waals surface area contributed by atoms with Crippen LogP contribution in [0.5, 0.6) is 5.75 Å². The van der Waals surface area contributed by atoms with Crippen LogP contribution < -0.4 is 4.74 Å². The number of fused-ring (bicyclic) bond motifs is 4. The van der Waals surface area contributed by atoms with Crippen molar-refractivity contribution in [2.45, 2.75) is 43.9 Å². The number of halogens is 2. The van der Waals surface area contributed by atoms with Crippen molar-refractivity contribution in [3.8, 4) is 5.75 Å². The first-order valence-corrected chi connectivity index (χ1v) is 10.3. The average molecular weight is 462 g/mol. The molecule has 0 amide bonds. The highest BCUT2D eigenvalue weighted by atomic mass is 79.9. The number of rotatable bonds is 1. The Kier molecular flexibility index (Phi) is 3.72. The van der Waals surface area contributed by atoms with Gasteiger partial charge in [0.15, 0.2) is 5.72 Å². The summed E-state index contributed by atoms with van der Waals surface area (Å²) in [6.45, 7) is 0. The smallest absolute Gasteiger partial charge is 0.198 e. The van der Waals surface area contributed by atoms with Gasteiger partial charge in [-0.2, -0.15) is 5.10 Å². The second kappa shape index (κ2) is 5.85. The fourth-order valence-corrected chi connectivity index (χ4v) is 4.97. The Bertz CT molecular complexity index is 856. The Morgan fingerprint density at radius 2 is 1.72 bits per heavy atom. The molecule has 2 heterocycles. The van der Waals surface area contributed by atoms with E-state index in [9.17, 15) is 0 Å². The zero-order valence-corrected chi connectivity index (χ0v) is 16.9. The zero-order valence-electron chi connectivity index (χ0n) is 13.7. The van der Waals surface area contributed by atoms with E-state index in [1.54, 1.807) is 0 Å². The van der Waals surface area contributed by atoms with Crippen molar-refractivity contribution in [1.29, 1.82) is 0 Å². The number of benzene rings is 2. The molecule has 1 saturated carbocycles. The van der Waals surface area contributed by atoms with E-state index in [0.29, 0.717) is 0 Å². The van der Waals surface area contributed by atoms with Gasteiger partial charge in [-0.25, -0.2) is 5.01 Å². The van der Waals surface area contributed by atoms with Crippen molar-refractivity contribution in [3.63, 3.8) is 0 Å². The summed E-state index contributed by atoms with van der Waals surface area (Å²) in [5.74, 6) is 1.03. The van der Waals surface area contributed by atoms with Crippen LogP contribution in [0.15, 0.2) is 56.5 Å². The average Bonchev–Trinajstić information content (AvgIpc) is 3.25. The lowest BCUT2D eigenvalue weighted by molar-refractivity contribution is -0.114. The van der Waals surface area contributed by atoms with Gasteiger partial charge in [0.2, 0.25) is 0 Å². The molecule has 0 N–H and O–H groups in total. The van der Waals surface area contributed by atoms with E-state index in [1.807, 2.05) is 0 Å². The molecular weight excluding hydrogens is 444 g/mol. The molecule has 1 unspecified atom stereocenters. The maximum Gasteiger partial charge on any atom is 0.198 e. The quantitative estimate of drug-likeness (QED) is 0.518. The van der Waals surface area contributed by atoms with Crippen LogP contribution in [0.3, 0.4) is 0 Å². The normalized spacial score (nSPS) is 23.2. The maximum atomic E-state index is 6.54. The molecular formula is C20H18Br2N2O. The summed E-state index contributed by atoms with van der Waals surface area (Å²) in [6, 6.07) is 15.1. The lowest BCUT2D eigenvalue weighted by Crippen LogP contribution is -2.51. The molecule has 0 radical (unpaired) electrons. The van der Waals surface area contributed by atoms with Crippen LogP contribution in [0.2, 0.25) is 0 Å². The van der Waals surface area contributed by atoms with E-state index in [4.69, 9.17) is 9.84 Å². The summed E-state index contributed by atoms with van der Waals surface area (Å²) < 4.78 is 8.73.